The molecule has 11 heavy (non-hydrogen) atoms. The van der Waals surface area contributed by atoms with E-state index in [-0.39, 0.29) is 6.10 Å². The minimum absolute atomic E-state index is 0.108. The van der Waals surface area contributed by atoms with Crippen molar-refractivity contribution in [3.63, 3.8) is 0 Å². The van der Waals surface area contributed by atoms with Crippen molar-refractivity contribution in [2.45, 2.75) is 25.0 Å². The lowest BCUT2D eigenvalue weighted by molar-refractivity contribution is 0.0434. The molecule has 0 aromatic carbocycles. The summed E-state index contributed by atoms with van der Waals surface area (Å²) in [6.45, 7) is 0. The maximum absolute atomic E-state index is 9.03. The first kappa shape index (κ1) is 7.31. The lowest BCUT2D eigenvalue weighted by atomic mass is 9.90. The van der Waals surface area contributed by atoms with Crippen LogP contribution in [0.4, 0.5) is 0 Å². The summed E-state index contributed by atoms with van der Waals surface area (Å²) >= 11 is 3.32. The van der Waals surface area contributed by atoms with Gasteiger partial charge in [0.25, 0.3) is 0 Å². The van der Waals surface area contributed by atoms with Gasteiger partial charge in [0.2, 0.25) is 0 Å². The Bertz CT molecular complexity index is 255. The number of halogens is 1. The van der Waals surface area contributed by atoms with Gasteiger partial charge in [-0.2, -0.15) is 5.10 Å². The normalized spacial score (nSPS) is 30.0. The summed E-state index contributed by atoms with van der Waals surface area (Å²) in [5.41, 5.74) is 0. The van der Waals surface area contributed by atoms with Crippen LogP contribution in [0.2, 0.25) is 0 Å². The van der Waals surface area contributed by atoms with E-state index in [1.807, 2.05) is 10.9 Å². The van der Waals surface area contributed by atoms with Crippen LogP contribution in [0, 0.1) is 0 Å². The lowest BCUT2D eigenvalue weighted by Gasteiger charge is -2.31. The van der Waals surface area contributed by atoms with Crippen molar-refractivity contribution in [1.82, 2.24) is 9.78 Å². The van der Waals surface area contributed by atoms with Gasteiger partial charge in [-0.15, -0.1) is 0 Å². The van der Waals surface area contributed by atoms with Crippen molar-refractivity contribution in [1.29, 1.82) is 0 Å². The van der Waals surface area contributed by atoms with Crippen molar-refractivity contribution < 1.29 is 5.11 Å². The first-order valence-electron chi connectivity index (χ1n) is 3.63. The molecule has 0 unspecified atom stereocenters. The first-order valence-corrected chi connectivity index (χ1v) is 4.43. The molecule has 1 aliphatic rings. The van der Waals surface area contributed by atoms with Crippen LogP contribution in [-0.4, -0.2) is 21.0 Å². The van der Waals surface area contributed by atoms with Gasteiger partial charge in [-0.1, -0.05) is 0 Å². The highest BCUT2D eigenvalue weighted by Crippen LogP contribution is 2.31. The highest BCUT2D eigenvalue weighted by atomic mass is 79.9. The third kappa shape index (κ3) is 1.32. The van der Waals surface area contributed by atoms with Crippen molar-refractivity contribution in [3.05, 3.63) is 16.9 Å². The Hall–Kier alpha value is -0.350. The molecule has 0 amide bonds. The Kier molecular flexibility index (Phi) is 1.73. The monoisotopic (exact) mass is 216 g/mol. The fourth-order valence-corrected chi connectivity index (χ4v) is 1.59. The molecule has 0 atom stereocenters. The number of aromatic nitrogens is 2. The van der Waals surface area contributed by atoms with E-state index in [9.17, 15) is 0 Å². The first-order chi connectivity index (χ1) is 5.25. The summed E-state index contributed by atoms with van der Waals surface area (Å²) in [7, 11) is 0. The van der Waals surface area contributed by atoms with Crippen LogP contribution < -0.4 is 0 Å². The average Bonchev–Trinajstić information content (AvgIpc) is 2.29. The molecule has 0 saturated heterocycles. The van der Waals surface area contributed by atoms with Crippen molar-refractivity contribution in [2.24, 2.45) is 0 Å². The topological polar surface area (TPSA) is 38.0 Å². The van der Waals surface area contributed by atoms with Crippen LogP contribution in [0.1, 0.15) is 18.9 Å². The van der Waals surface area contributed by atoms with Crippen molar-refractivity contribution in [2.75, 3.05) is 0 Å². The van der Waals surface area contributed by atoms with E-state index in [1.165, 1.54) is 0 Å². The Labute approximate surface area is 73.2 Å². The Morgan fingerprint density at radius 2 is 2.36 bits per heavy atom. The molecule has 1 aliphatic carbocycles. The highest BCUT2D eigenvalue weighted by molar-refractivity contribution is 9.10. The summed E-state index contributed by atoms with van der Waals surface area (Å²) in [5.74, 6) is 0. The minimum atomic E-state index is -0.108. The van der Waals surface area contributed by atoms with Crippen LogP contribution in [-0.2, 0) is 0 Å². The van der Waals surface area contributed by atoms with Crippen molar-refractivity contribution >= 4 is 15.9 Å². The van der Waals surface area contributed by atoms with Crippen LogP contribution in [0.5, 0.6) is 0 Å². The van der Waals surface area contributed by atoms with E-state index in [4.69, 9.17) is 5.11 Å². The number of hydrogen-bond acceptors (Lipinski definition) is 2. The molecule has 1 aromatic rings. The summed E-state index contributed by atoms with van der Waals surface area (Å²) in [4.78, 5) is 0. The summed E-state index contributed by atoms with van der Waals surface area (Å²) in [6, 6.07) is 0.413. The second-order valence-electron chi connectivity index (χ2n) is 2.92. The summed E-state index contributed by atoms with van der Waals surface area (Å²) in [5, 5.41) is 13.2. The molecule has 2 rings (SSSR count). The van der Waals surface area contributed by atoms with E-state index < -0.39 is 0 Å². The molecule has 0 spiro atoms. The number of aliphatic hydroxyl groups excluding tert-OH is 1. The van der Waals surface area contributed by atoms with E-state index in [0.717, 1.165) is 17.3 Å². The van der Waals surface area contributed by atoms with Crippen LogP contribution in [0.15, 0.2) is 16.9 Å². The summed E-state index contributed by atoms with van der Waals surface area (Å²) in [6.07, 6.45) is 5.28. The molecule has 4 heteroatoms. The predicted octanol–water partition coefficient (Wildman–Crippen LogP) is 1.34. The van der Waals surface area contributed by atoms with E-state index in [1.54, 1.807) is 6.20 Å². The van der Waals surface area contributed by atoms with Gasteiger partial charge in [0, 0.05) is 6.20 Å². The van der Waals surface area contributed by atoms with Gasteiger partial charge in [-0.25, -0.2) is 0 Å². The molecule has 60 valence electrons. The zero-order chi connectivity index (χ0) is 7.84. The number of hydrogen-bond donors (Lipinski definition) is 1. The van der Waals surface area contributed by atoms with E-state index >= 15 is 0 Å². The molecule has 1 heterocycles. The lowest BCUT2D eigenvalue weighted by Crippen LogP contribution is -2.30. The van der Waals surface area contributed by atoms with Gasteiger partial charge >= 0.3 is 0 Å². The molecular weight excluding hydrogens is 208 g/mol. The predicted molar refractivity (Wildman–Crippen MR) is 44.2 cm³/mol. The smallest absolute Gasteiger partial charge is 0.0632 e. The zero-order valence-corrected chi connectivity index (χ0v) is 7.53. The molecule has 0 radical (unpaired) electrons. The Balaban J connectivity index is 2.07. The van der Waals surface area contributed by atoms with Gasteiger partial charge in [0.15, 0.2) is 0 Å². The SMILES string of the molecule is OC1CC(n2cc(Br)cn2)C1. The van der Waals surface area contributed by atoms with E-state index in [2.05, 4.69) is 21.0 Å². The number of rotatable bonds is 1. The fraction of sp³-hybridized carbons (Fsp3) is 0.571. The third-order valence-corrected chi connectivity index (χ3v) is 2.44. The molecule has 1 aromatic heterocycles. The molecule has 0 aliphatic heterocycles. The largest absolute Gasteiger partial charge is 0.393 e. The van der Waals surface area contributed by atoms with Gasteiger partial charge < -0.3 is 5.11 Å². The molecule has 0 bridgehead atoms. The number of nitrogens with zero attached hydrogens (tertiary/aromatic N) is 2. The molecule has 1 saturated carbocycles. The second kappa shape index (κ2) is 2.60. The van der Waals surface area contributed by atoms with Gasteiger partial charge in [0.05, 0.1) is 22.8 Å². The third-order valence-electron chi connectivity index (χ3n) is 2.03. The molecule has 3 nitrogen and oxygen atoms in total. The van der Waals surface area contributed by atoms with Crippen LogP contribution >= 0.6 is 15.9 Å². The molecular formula is C7H9BrN2O. The van der Waals surface area contributed by atoms with Gasteiger partial charge in [0.1, 0.15) is 0 Å². The molecule has 1 fully saturated rings. The average molecular weight is 217 g/mol. The molecule has 1 N–H and O–H groups in total. The summed E-state index contributed by atoms with van der Waals surface area (Å²) < 4.78 is 2.90. The van der Waals surface area contributed by atoms with Crippen molar-refractivity contribution in [3.8, 4) is 0 Å². The van der Waals surface area contributed by atoms with E-state index in [0.29, 0.717) is 6.04 Å². The zero-order valence-electron chi connectivity index (χ0n) is 5.94. The quantitative estimate of drug-likeness (QED) is 0.770. The van der Waals surface area contributed by atoms with Gasteiger partial charge in [-0.05, 0) is 28.8 Å². The van der Waals surface area contributed by atoms with Crippen LogP contribution in [0.3, 0.4) is 0 Å². The Morgan fingerprint density at radius 1 is 1.64 bits per heavy atom. The highest BCUT2D eigenvalue weighted by Gasteiger charge is 2.28. The number of aliphatic hydroxyl groups is 1. The van der Waals surface area contributed by atoms with Gasteiger partial charge in [-0.3, -0.25) is 4.68 Å². The maximum atomic E-state index is 9.03. The minimum Gasteiger partial charge on any atom is -0.393 e. The second-order valence-corrected chi connectivity index (χ2v) is 3.83. The Morgan fingerprint density at radius 3 is 2.82 bits per heavy atom. The fourth-order valence-electron chi connectivity index (χ4n) is 1.29. The standard InChI is InChI=1S/C7H9BrN2O/c8-5-3-9-10(4-5)6-1-7(11)2-6/h3-4,6-7,11H,1-2H2. The maximum Gasteiger partial charge on any atom is 0.0632 e. The van der Waals surface area contributed by atoms with Crippen LogP contribution in [0.25, 0.3) is 0 Å².